The fraction of sp³-hybridized carbons (Fsp3) is 0.0870. The van der Waals surface area contributed by atoms with Crippen LogP contribution in [0.3, 0.4) is 0 Å². The first kappa shape index (κ1) is 22.6. The summed E-state index contributed by atoms with van der Waals surface area (Å²) in [5, 5.41) is 2.97. The Bertz CT molecular complexity index is 1600. The van der Waals surface area contributed by atoms with Crippen LogP contribution in [0.1, 0.15) is 0 Å². The van der Waals surface area contributed by atoms with Crippen LogP contribution in [0, 0.1) is 11.6 Å². The van der Waals surface area contributed by atoms with Crippen molar-refractivity contribution in [2.45, 2.75) is 4.90 Å². The molecule has 3 aromatic heterocycles. The Hall–Kier alpha value is -4.16. The Morgan fingerprint density at radius 2 is 1.80 bits per heavy atom. The van der Waals surface area contributed by atoms with Gasteiger partial charge in [-0.05, 0) is 48.5 Å². The number of anilines is 1. The lowest BCUT2D eigenvalue weighted by Gasteiger charge is -2.09. The van der Waals surface area contributed by atoms with E-state index in [1.807, 2.05) is 0 Å². The molecule has 0 fully saturated rings. The number of imidazole rings is 1. The summed E-state index contributed by atoms with van der Waals surface area (Å²) in [5.41, 5.74) is 2.38. The van der Waals surface area contributed by atoms with Crippen molar-refractivity contribution in [3.05, 3.63) is 84.9 Å². The SMILES string of the molecule is O=S(=O)(NCCNc1nccc(-c2c(-c3ccc(F)cc3)nc3occn23)n1)c1cccc(F)c1. The highest BCUT2D eigenvalue weighted by molar-refractivity contribution is 7.89. The standard InChI is InChI=1S/C23H18F2N6O3S/c24-16-6-4-15(5-7-16)20-21(31-12-13-34-23(31)30-20)19-8-9-26-22(29-19)27-10-11-28-35(32,33)18-3-1-2-17(25)14-18/h1-9,12-14,28H,10-11H2,(H,26,27,29). The molecule has 12 heteroatoms. The molecule has 3 heterocycles. The zero-order valence-corrected chi connectivity index (χ0v) is 18.8. The fourth-order valence-electron chi connectivity index (χ4n) is 3.49. The molecule has 0 radical (unpaired) electrons. The molecule has 0 aliphatic rings. The average Bonchev–Trinajstić information content (AvgIpc) is 3.44. The van der Waals surface area contributed by atoms with Gasteiger partial charge in [-0.2, -0.15) is 4.98 Å². The maximum absolute atomic E-state index is 13.4. The Morgan fingerprint density at radius 3 is 2.60 bits per heavy atom. The molecule has 0 unspecified atom stereocenters. The van der Waals surface area contributed by atoms with Crippen molar-refractivity contribution in [2.75, 3.05) is 18.4 Å². The third-order valence-electron chi connectivity index (χ3n) is 5.08. The number of sulfonamides is 1. The lowest BCUT2D eigenvalue weighted by Crippen LogP contribution is -2.29. The number of hydrogen-bond acceptors (Lipinski definition) is 7. The van der Waals surface area contributed by atoms with E-state index in [4.69, 9.17) is 4.42 Å². The van der Waals surface area contributed by atoms with Crippen molar-refractivity contribution in [3.63, 3.8) is 0 Å². The van der Waals surface area contributed by atoms with Crippen LogP contribution in [-0.2, 0) is 10.0 Å². The molecule has 0 bridgehead atoms. The van der Waals surface area contributed by atoms with Gasteiger partial charge in [-0.1, -0.05) is 6.07 Å². The van der Waals surface area contributed by atoms with Crippen LogP contribution in [0.25, 0.3) is 28.5 Å². The molecule has 0 saturated heterocycles. The van der Waals surface area contributed by atoms with E-state index in [1.54, 1.807) is 35.0 Å². The Labute approximate surface area is 198 Å². The fourth-order valence-corrected chi connectivity index (χ4v) is 4.56. The number of aromatic nitrogens is 4. The van der Waals surface area contributed by atoms with Gasteiger partial charge < -0.3 is 9.73 Å². The van der Waals surface area contributed by atoms with Gasteiger partial charge in [0, 0.05) is 31.0 Å². The molecule has 178 valence electrons. The van der Waals surface area contributed by atoms with E-state index in [0.29, 0.717) is 28.5 Å². The number of hydrogen-bond donors (Lipinski definition) is 2. The molecule has 0 amide bonds. The summed E-state index contributed by atoms with van der Waals surface area (Å²) in [6.07, 6.45) is 4.74. The van der Waals surface area contributed by atoms with Crippen molar-refractivity contribution in [1.29, 1.82) is 0 Å². The number of rotatable bonds is 8. The lowest BCUT2D eigenvalue weighted by molar-refractivity contribution is 0.578. The molecular weight excluding hydrogens is 478 g/mol. The monoisotopic (exact) mass is 496 g/mol. The van der Waals surface area contributed by atoms with Gasteiger partial charge >= 0.3 is 5.84 Å². The van der Waals surface area contributed by atoms with E-state index in [2.05, 4.69) is 25.0 Å². The largest absolute Gasteiger partial charge is 0.432 e. The number of halogens is 2. The second-order valence-corrected chi connectivity index (χ2v) is 9.19. The van der Waals surface area contributed by atoms with Crippen LogP contribution in [0.4, 0.5) is 14.7 Å². The third kappa shape index (κ3) is 4.74. The van der Waals surface area contributed by atoms with Crippen molar-refractivity contribution >= 4 is 21.8 Å². The molecule has 0 spiro atoms. The molecule has 0 aliphatic heterocycles. The third-order valence-corrected chi connectivity index (χ3v) is 6.54. The predicted octanol–water partition coefficient (Wildman–Crippen LogP) is 3.72. The first-order valence-corrected chi connectivity index (χ1v) is 11.9. The smallest absolute Gasteiger partial charge is 0.306 e. The number of nitrogens with zero attached hydrogens (tertiary/aromatic N) is 4. The van der Waals surface area contributed by atoms with Gasteiger partial charge in [0.25, 0.3) is 0 Å². The number of fused-ring (bicyclic) bond motifs is 1. The van der Waals surface area contributed by atoms with Gasteiger partial charge in [0.1, 0.15) is 29.3 Å². The number of oxazole rings is 1. The van der Waals surface area contributed by atoms with E-state index in [0.717, 1.165) is 6.07 Å². The highest BCUT2D eigenvalue weighted by Crippen LogP contribution is 2.32. The van der Waals surface area contributed by atoms with Crippen molar-refractivity contribution in [1.82, 2.24) is 24.1 Å². The molecule has 2 aromatic carbocycles. The summed E-state index contributed by atoms with van der Waals surface area (Å²) in [5.74, 6) is -0.391. The molecule has 2 N–H and O–H groups in total. The topological polar surface area (TPSA) is 114 Å². The first-order chi connectivity index (χ1) is 16.9. The van der Waals surface area contributed by atoms with E-state index < -0.39 is 15.8 Å². The molecule has 0 aliphatic carbocycles. The van der Waals surface area contributed by atoms with Crippen LogP contribution in [0.2, 0.25) is 0 Å². The maximum Gasteiger partial charge on any atom is 0.306 e. The molecular formula is C23H18F2N6O3S. The van der Waals surface area contributed by atoms with Crippen molar-refractivity contribution in [2.24, 2.45) is 0 Å². The second-order valence-electron chi connectivity index (χ2n) is 7.42. The zero-order chi connectivity index (χ0) is 24.4. The summed E-state index contributed by atoms with van der Waals surface area (Å²) in [4.78, 5) is 13.1. The van der Waals surface area contributed by atoms with Crippen LogP contribution in [0.15, 0.2) is 82.6 Å². The lowest BCUT2D eigenvalue weighted by atomic mass is 10.1. The summed E-state index contributed by atoms with van der Waals surface area (Å²) >= 11 is 0. The van der Waals surface area contributed by atoms with Gasteiger partial charge in [0.05, 0.1) is 10.6 Å². The summed E-state index contributed by atoms with van der Waals surface area (Å²) in [6, 6.07) is 12.4. The van der Waals surface area contributed by atoms with E-state index in [-0.39, 0.29) is 29.8 Å². The minimum absolute atomic E-state index is 0.0198. The van der Waals surface area contributed by atoms with Crippen LogP contribution >= 0.6 is 0 Å². The second kappa shape index (κ2) is 9.24. The van der Waals surface area contributed by atoms with Gasteiger partial charge in [0.2, 0.25) is 16.0 Å². The molecule has 35 heavy (non-hydrogen) atoms. The first-order valence-electron chi connectivity index (χ1n) is 10.4. The van der Waals surface area contributed by atoms with Gasteiger partial charge in [-0.15, -0.1) is 0 Å². The van der Waals surface area contributed by atoms with Gasteiger partial charge in [-0.3, -0.25) is 4.40 Å². The Balaban J connectivity index is 1.34. The normalized spacial score (nSPS) is 11.7. The zero-order valence-electron chi connectivity index (χ0n) is 18.0. The van der Waals surface area contributed by atoms with Crippen LogP contribution < -0.4 is 10.0 Å². The van der Waals surface area contributed by atoms with E-state index in [9.17, 15) is 17.2 Å². The Kier molecular flexibility index (Phi) is 5.97. The summed E-state index contributed by atoms with van der Waals surface area (Å²) in [7, 11) is -3.86. The van der Waals surface area contributed by atoms with Crippen LogP contribution in [0.5, 0.6) is 0 Å². The predicted molar refractivity (Wildman–Crippen MR) is 124 cm³/mol. The van der Waals surface area contributed by atoms with E-state index >= 15 is 0 Å². The minimum atomic E-state index is -3.86. The van der Waals surface area contributed by atoms with Gasteiger partial charge in [-0.25, -0.2) is 31.9 Å². The Morgan fingerprint density at radius 1 is 0.971 bits per heavy atom. The number of benzene rings is 2. The quantitative estimate of drug-likeness (QED) is 0.315. The highest BCUT2D eigenvalue weighted by atomic mass is 32.2. The highest BCUT2D eigenvalue weighted by Gasteiger charge is 2.19. The van der Waals surface area contributed by atoms with E-state index in [1.165, 1.54) is 36.6 Å². The molecule has 0 atom stereocenters. The van der Waals surface area contributed by atoms with Crippen molar-refractivity contribution < 1.29 is 21.6 Å². The maximum atomic E-state index is 13.4. The number of nitrogens with one attached hydrogen (secondary N) is 2. The molecule has 9 nitrogen and oxygen atoms in total. The summed E-state index contributed by atoms with van der Waals surface area (Å²) < 4.78 is 60.9. The van der Waals surface area contributed by atoms with Crippen LogP contribution in [-0.4, -0.2) is 40.9 Å². The molecule has 5 aromatic rings. The van der Waals surface area contributed by atoms with Gasteiger partial charge in [0.15, 0.2) is 0 Å². The molecule has 0 saturated carbocycles. The van der Waals surface area contributed by atoms with Crippen molar-refractivity contribution in [3.8, 4) is 22.6 Å². The average molecular weight is 496 g/mol. The minimum Gasteiger partial charge on any atom is -0.432 e. The summed E-state index contributed by atoms with van der Waals surface area (Å²) in [6.45, 7) is 0.197. The molecule has 5 rings (SSSR count).